The summed E-state index contributed by atoms with van der Waals surface area (Å²) in [6, 6.07) is 0.326. The van der Waals surface area contributed by atoms with Gasteiger partial charge in [0.15, 0.2) is 0 Å². The molecule has 0 atom stereocenters. The van der Waals surface area contributed by atoms with E-state index >= 15 is 0 Å². The number of nitrogens with one attached hydrogen (secondary N) is 1. The number of aromatic nitrogens is 2. The lowest BCUT2D eigenvalue weighted by Gasteiger charge is -2.28. The number of nitrogens with zero attached hydrogens (tertiary/aromatic N) is 2. The van der Waals surface area contributed by atoms with Gasteiger partial charge in [0, 0.05) is 18.3 Å². The Labute approximate surface area is 127 Å². The van der Waals surface area contributed by atoms with E-state index in [2.05, 4.69) is 17.3 Å². The van der Waals surface area contributed by atoms with E-state index in [9.17, 15) is 4.79 Å². The van der Waals surface area contributed by atoms with E-state index in [4.69, 9.17) is 5.73 Å². The minimum absolute atomic E-state index is 0.0199. The van der Waals surface area contributed by atoms with Crippen LogP contribution >= 0.6 is 0 Å². The molecule has 21 heavy (non-hydrogen) atoms. The van der Waals surface area contributed by atoms with Crippen molar-refractivity contribution in [1.29, 1.82) is 0 Å². The summed E-state index contributed by atoms with van der Waals surface area (Å²) in [5, 5.41) is 7.47. The van der Waals surface area contributed by atoms with Crippen LogP contribution in [-0.2, 0) is 6.54 Å². The van der Waals surface area contributed by atoms with Gasteiger partial charge in [-0.05, 0) is 51.5 Å². The van der Waals surface area contributed by atoms with Crippen LogP contribution in [0.1, 0.15) is 61.5 Å². The highest BCUT2D eigenvalue weighted by molar-refractivity contribution is 5.95. The van der Waals surface area contributed by atoms with Crippen LogP contribution < -0.4 is 11.1 Å². The number of rotatable bonds is 6. The molecule has 1 aliphatic carbocycles. The SMILES string of the molecule is CCC1CCC(NC(=O)c2cnn(CCCN)c2C)CC1. The lowest BCUT2D eigenvalue weighted by molar-refractivity contribution is 0.0921. The van der Waals surface area contributed by atoms with E-state index in [0.717, 1.165) is 37.4 Å². The first-order chi connectivity index (χ1) is 10.2. The van der Waals surface area contributed by atoms with E-state index in [1.165, 1.54) is 19.3 Å². The molecule has 0 bridgehead atoms. The van der Waals surface area contributed by atoms with Gasteiger partial charge in [0.2, 0.25) is 0 Å². The summed E-state index contributed by atoms with van der Waals surface area (Å²) in [7, 11) is 0. The Morgan fingerprint density at radius 3 is 2.76 bits per heavy atom. The maximum Gasteiger partial charge on any atom is 0.254 e. The molecule has 0 unspecified atom stereocenters. The predicted molar refractivity (Wildman–Crippen MR) is 84.1 cm³/mol. The van der Waals surface area contributed by atoms with Crippen LogP contribution in [0.4, 0.5) is 0 Å². The van der Waals surface area contributed by atoms with Gasteiger partial charge in [0.05, 0.1) is 11.8 Å². The van der Waals surface area contributed by atoms with Crippen molar-refractivity contribution in [3.63, 3.8) is 0 Å². The summed E-state index contributed by atoms with van der Waals surface area (Å²) in [5.41, 5.74) is 7.15. The minimum Gasteiger partial charge on any atom is -0.349 e. The lowest BCUT2D eigenvalue weighted by atomic mass is 9.84. The smallest absolute Gasteiger partial charge is 0.254 e. The third-order valence-electron chi connectivity index (χ3n) is 4.68. The first kappa shape index (κ1) is 16.0. The van der Waals surface area contributed by atoms with E-state index in [1.54, 1.807) is 6.20 Å². The van der Waals surface area contributed by atoms with Gasteiger partial charge in [0.25, 0.3) is 5.91 Å². The van der Waals surface area contributed by atoms with Crippen molar-refractivity contribution in [1.82, 2.24) is 15.1 Å². The fourth-order valence-corrected chi connectivity index (χ4v) is 3.11. The van der Waals surface area contributed by atoms with Gasteiger partial charge >= 0.3 is 0 Å². The Bertz CT molecular complexity index is 461. The summed E-state index contributed by atoms with van der Waals surface area (Å²) in [6.07, 6.45) is 8.48. The summed E-state index contributed by atoms with van der Waals surface area (Å²) >= 11 is 0. The topological polar surface area (TPSA) is 72.9 Å². The lowest BCUT2D eigenvalue weighted by Crippen LogP contribution is -2.37. The second-order valence-electron chi connectivity index (χ2n) is 6.11. The fourth-order valence-electron chi connectivity index (χ4n) is 3.11. The predicted octanol–water partition coefficient (Wildman–Crippen LogP) is 2.24. The molecular weight excluding hydrogens is 264 g/mol. The minimum atomic E-state index is 0.0199. The molecule has 1 fully saturated rings. The molecule has 0 spiro atoms. The fraction of sp³-hybridized carbons (Fsp3) is 0.750. The van der Waals surface area contributed by atoms with Gasteiger partial charge in [0.1, 0.15) is 0 Å². The number of carbonyl (C=O) groups is 1. The van der Waals surface area contributed by atoms with Gasteiger partial charge in [-0.15, -0.1) is 0 Å². The monoisotopic (exact) mass is 292 g/mol. The van der Waals surface area contributed by atoms with Gasteiger partial charge in [-0.2, -0.15) is 5.10 Å². The molecule has 3 N–H and O–H groups in total. The van der Waals surface area contributed by atoms with Crippen LogP contribution in [0.25, 0.3) is 0 Å². The zero-order valence-corrected chi connectivity index (χ0v) is 13.3. The molecular formula is C16H28N4O. The van der Waals surface area contributed by atoms with Crippen molar-refractivity contribution in [2.24, 2.45) is 11.7 Å². The number of hydrogen-bond acceptors (Lipinski definition) is 3. The number of carbonyl (C=O) groups excluding carboxylic acids is 1. The van der Waals surface area contributed by atoms with Gasteiger partial charge in [-0.1, -0.05) is 13.3 Å². The normalized spacial score (nSPS) is 22.2. The summed E-state index contributed by atoms with van der Waals surface area (Å²) in [4.78, 5) is 12.4. The van der Waals surface area contributed by atoms with Crippen LogP contribution in [-0.4, -0.2) is 28.3 Å². The Morgan fingerprint density at radius 1 is 1.43 bits per heavy atom. The quantitative estimate of drug-likeness (QED) is 0.844. The Hall–Kier alpha value is -1.36. The number of aryl methyl sites for hydroxylation is 1. The maximum absolute atomic E-state index is 12.4. The molecule has 1 aromatic rings. The summed E-state index contributed by atoms with van der Waals surface area (Å²) in [5.74, 6) is 0.866. The van der Waals surface area contributed by atoms with Gasteiger partial charge in [-0.25, -0.2) is 0 Å². The van der Waals surface area contributed by atoms with Gasteiger partial charge in [-0.3, -0.25) is 9.48 Å². The van der Waals surface area contributed by atoms with E-state index in [-0.39, 0.29) is 5.91 Å². The largest absolute Gasteiger partial charge is 0.349 e. The van der Waals surface area contributed by atoms with Crippen LogP contribution in [0.2, 0.25) is 0 Å². The first-order valence-electron chi connectivity index (χ1n) is 8.19. The standard InChI is InChI=1S/C16H28N4O/c1-3-13-5-7-14(8-6-13)19-16(21)15-11-18-20(12(15)2)10-4-9-17/h11,13-14H,3-10,17H2,1-2H3,(H,19,21). The van der Waals surface area contributed by atoms with Crippen LogP contribution in [0.3, 0.4) is 0 Å². The molecule has 0 aliphatic heterocycles. The molecule has 5 nitrogen and oxygen atoms in total. The molecule has 2 rings (SSSR count). The van der Waals surface area contributed by atoms with E-state index in [1.807, 2.05) is 11.6 Å². The highest BCUT2D eigenvalue weighted by atomic mass is 16.1. The summed E-state index contributed by atoms with van der Waals surface area (Å²) < 4.78 is 1.87. The third kappa shape index (κ3) is 4.06. The van der Waals surface area contributed by atoms with Crippen LogP contribution in [0.15, 0.2) is 6.20 Å². The average molecular weight is 292 g/mol. The maximum atomic E-state index is 12.4. The first-order valence-corrected chi connectivity index (χ1v) is 8.19. The zero-order valence-electron chi connectivity index (χ0n) is 13.3. The number of amides is 1. The third-order valence-corrected chi connectivity index (χ3v) is 4.68. The van der Waals surface area contributed by atoms with Crippen LogP contribution in [0.5, 0.6) is 0 Å². The van der Waals surface area contributed by atoms with E-state index in [0.29, 0.717) is 18.2 Å². The molecule has 1 saturated carbocycles. The molecule has 0 saturated heterocycles. The Balaban J connectivity index is 1.90. The van der Waals surface area contributed by atoms with Crippen molar-refractivity contribution >= 4 is 5.91 Å². The Kier molecular flexibility index (Phi) is 5.79. The molecule has 1 heterocycles. The molecule has 0 radical (unpaired) electrons. The second-order valence-corrected chi connectivity index (χ2v) is 6.11. The molecule has 118 valence electrons. The van der Waals surface area contributed by atoms with E-state index < -0.39 is 0 Å². The van der Waals surface area contributed by atoms with Crippen LogP contribution in [0, 0.1) is 12.8 Å². The summed E-state index contributed by atoms with van der Waals surface area (Å²) in [6.45, 7) is 5.62. The molecule has 0 aromatic carbocycles. The van der Waals surface area contributed by atoms with Crippen molar-refractivity contribution in [3.8, 4) is 0 Å². The average Bonchev–Trinajstić information content (AvgIpc) is 2.87. The highest BCUT2D eigenvalue weighted by Gasteiger charge is 2.23. The zero-order chi connectivity index (χ0) is 15.2. The molecule has 1 amide bonds. The van der Waals surface area contributed by atoms with Crippen molar-refractivity contribution < 1.29 is 4.79 Å². The highest BCUT2D eigenvalue weighted by Crippen LogP contribution is 2.26. The number of nitrogens with two attached hydrogens (primary N) is 1. The van der Waals surface area contributed by atoms with Gasteiger partial charge < -0.3 is 11.1 Å². The number of hydrogen-bond donors (Lipinski definition) is 2. The Morgan fingerprint density at radius 2 is 2.14 bits per heavy atom. The molecule has 1 aromatic heterocycles. The van der Waals surface area contributed by atoms with Crippen molar-refractivity contribution in [2.75, 3.05) is 6.54 Å². The molecule has 1 aliphatic rings. The molecule has 5 heteroatoms. The second kappa shape index (κ2) is 7.59. The van der Waals surface area contributed by atoms with Crippen molar-refractivity contribution in [3.05, 3.63) is 17.5 Å². The van der Waals surface area contributed by atoms with Crippen molar-refractivity contribution in [2.45, 2.75) is 65.0 Å².